The number of carbonyl (C=O) groups is 2. The molecular formula is C12H27ClN2O4. The van der Waals surface area contributed by atoms with Crippen LogP contribution in [0.5, 0.6) is 0 Å². The van der Waals surface area contributed by atoms with Crippen LogP contribution >= 0.6 is 12.4 Å². The third kappa shape index (κ3) is 31.7. The summed E-state index contributed by atoms with van der Waals surface area (Å²) in [5, 5.41) is 22.4. The molecular weight excluding hydrogens is 272 g/mol. The maximum atomic E-state index is 9.94. The summed E-state index contributed by atoms with van der Waals surface area (Å²) < 4.78 is 0. The van der Waals surface area contributed by atoms with Crippen LogP contribution in [0.3, 0.4) is 0 Å². The van der Waals surface area contributed by atoms with Crippen LogP contribution in [0.4, 0.5) is 0 Å². The molecule has 0 aliphatic heterocycles. The summed E-state index contributed by atoms with van der Waals surface area (Å²) in [6.45, 7) is 9.08. The molecule has 0 aliphatic rings. The van der Waals surface area contributed by atoms with E-state index in [9.17, 15) is 9.59 Å². The molecule has 0 radical (unpaired) electrons. The van der Waals surface area contributed by atoms with Gasteiger partial charge in [0.05, 0.1) is 12.8 Å². The zero-order valence-electron chi connectivity index (χ0n) is 12.1. The standard InChI is InChI=1S/2C6H13NO2.ClH/c2*1-5(2)7-4-3-6(8)9;/h2*5,7H,3-4H2,1-2H3,(H,8,9);1H. The van der Waals surface area contributed by atoms with E-state index in [1.165, 1.54) is 0 Å². The predicted molar refractivity (Wildman–Crippen MR) is 78.0 cm³/mol. The predicted octanol–water partition coefficient (Wildman–Crippen LogP) is 1.34. The Labute approximate surface area is 121 Å². The third-order valence-corrected chi connectivity index (χ3v) is 1.78. The lowest BCUT2D eigenvalue weighted by Gasteiger charge is -2.04. The van der Waals surface area contributed by atoms with Crippen molar-refractivity contribution in [3.63, 3.8) is 0 Å². The second-order valence-electron chi connectivity index (χ2n) is 4.51. The van der Waals surface area contributed by atoms with E-state index in [4.69, 9.17) is 10.2 Å². The number of rotatable bonds is 8. The highest BCUT2D eigenvalue weighted by molar-refractivity contribution is 5.85. The first kappa shape index (κ1) is 23.3. The summed E-state index contributed by atoms with van der Waals surface area (Å²) in [5.74, 6) is -1.49. The Kier molecular flexibility index (Phi) is 18.6. The average molecular weight is 299 g/mol. The van der Waals surface area contributed by atoms with E-state index in [0.29, 0.717) is 25.2 Å². The molecule has 7 heteroatoms. The molecule has 0 atom stereocenters. The number of carboxylic acid groups (broad SMARTS) is 2. The Morgan fingerprint density at radius 2 is 1.11 bits per heavy atom. The van der Waals surface area contributed by atoms with Gasteiger partial charge in [-0.3, -0.25) is 9.59 Å². The lowest BCUT2D eigenvalue weighted by molar-refractivity contribution is -0.137. The minimum absolute atomic E-state index is 0. The first-order chi connectivity index (χ1) is 8.25. The van der Waals surface area contributed by atoms with E-state index >= 15 is 0 Å². The van der Waals surface area contributed by atoms with Crippen molar-refractivity contribution in [2.45, 2.75) is 52.6 Å². The normalized spacial score (nSPS) is 9.58. The van der Waals surface area contributed by atoms with Gasteiger partial charge in [-0.2, -0.15) is 0 Å². The van der Waals surface area contributed by atoms with Gasteiger partial charge < -0.3 is 20.8 Å². The lowest BCUT2D eigenvalue weighted by Crippen LogP contribution is -2.25. The quantitative estimate of drug-likeness (QED) is 0.540. The third-order valence-electron chi connectivity index (χ3n) is 1.78. The minimum Gasteiger partial charge on any atom is -0.481 e. The Balaban J connectivity index is -0.000000256. The van der Waals surface area contributed by atoms with Crippen molar-refractivity contribution in [2.24, 2.45) is 0 Å². The Bertz CT molecular complexity index is 212. The van der Waals surface area contributed by atoms with Gasteiger partial charge in [-0.1, -0.05) is 27.7 Å². The van der Waals surface area contributed by atoms with E-state index in [1.54, 1.807) is 0 Å². The van der Waals surface area contributed by atoms with E-state index in [0.717, 1.165) is 0 Å². The van der Waals surface area contributed by atoms with Crippen molar-refractivity contribution in [1.82, 2.24) is 10.6 Å². The van der Waals surface area contributed by atoms with E-state index in [1.807, 2.05) is 27.7 Å². The number of aliphatic carboxylic acids is 2. The summed E-state index contributed by atoms with van der Waals surface area (Å²) >= 11 is 0. The highest BCUT2D eigenvalue weighted by atomic mass is 35.5. The van der Waals surface area contributed by atoms with Crippen LogP contribution in [0.1, 0.15) is 40.5 Å². The van der Waals surface area contributed by atoms with Gasteiger partial charge in [-0.05, 0) is 0 Å². The van der Waals surface area contributed by atoms with Crippen molar-refractivity contribution in [3.05, 3.63) is 0 Å². The van der Waals surface area contributed by atoms with E-state index in [2.05, 4.69) is 10.6 Å². The van der Waals surface area contributed by atoms with Crippen LogP contribution in [-0.2, 0) is 9.59 Å². The lowest BCUT2D eigenvalue weighted by atomic mass is 10.3. The van der Waals surface area contributed by atoms with Crippen molar-refractivity contribution in [3.8, 4) is 0 Å². The van der Waals surface area contributed by atoms with Crippen LogP contribution in [0.15, 0.2) is 0 Å². The summed E-state index contributed by atoms with van der Waals surface area (Å²) in [5.41, 5.74) is 0. The van der Waals surface area contributed by atoms with Gasteiger partial charge in [0, 0.05) is 25.2 Å². The maximum Gasteiger partial charge on any atom is 0.304 e. The molecule has 0 aromatic heterocycles. The van der Waals surface area contributed by atoms with Crippen LogP contribution in [0.2, 0.25) is 0 Å². The van der Waals surface area contributed by atoms with Crippen molar-refractivity contribution >= 4 is 24.3 Å². The fourth-order valence-electron chi connectivity index (χ4n) is 0.936. The van der Waals surface area contributed by atoms with Gasteiger partial charge in [0.2, 0.25) is 0 Å². The minimum atomic E-state index is -0.747. The zero-order valence-corrected chi connectivity index (χ0v) is 12.9. The molecule has 0 rings (SSSR count). The molecule has 0 aliphatic carbocycles. The maximum absolute atomic E-state index is 9.94. The molecule has 0 bridgehead atoms. The fourth-order valence-corrected chi connectivity index (χ4v) is 0.936. The monoisotopic (exact) mass is 298 g/mol. The van der Waals surface area contributed by atoms with Crippen molar-refractivity contribution < 1.29 is 19.8 Å². The summed E-state index contributed by atoms with van der Waals surface area (Å²) in [6, 6.07) is 0.758. The molecule has 0 saturated heterocycles. The van der Waals surface area contributed by atoms with E-state index in [-0.39, 0.29) is 25.2 Å². The summed E-state index contributed by atoms with van der Waals surface area (Å²) in [6.07, 6.45) is 0.413. The van der Waals surface area contributed by atoms with Gasteiger partial charge >= 0.3 is 11.9 Å². The van der Waals surface area contributed by atoms with Crippen LogP contribution < -0.4 is 10.6 Å². The summed E-state index contributed by atoms with van der Waals surface area (Å²) in [7, 11) is 0. The molecule has 0 unspecified atom stereocenters. The number of hydrogen-bond donors (Lipinski definition) is 4. The van der Waals surface area contributed by atoms with Crippen molar-refractivity contribution in [1.29, 1.82) is 0 Å². The second kappa shape index (κ2) is 15.2. The average Bonchev–Trinajstić information content (AvgIpc) is 2.15. The van der Waals surface area contributed by atoms with Crippen LogP contribution in [0, 0.1) is 0 Å². The molecule has 19 heavy (non-hydrogen) atoms. The highest BCUT2D eigenvalue weighted by Crippen LogP contribution is 1.79. The van der Waals surface area contributed by atoms with E-state index < -0.39 is 11.9 Å². The SMILES string of the molecule is CC(C)NCCC(=O)O.CC(C)NCCC(=O)O.Cl. The smallest absolute Gasteiger partial charge is 0.304 e. The van der Waals surface area contributed by atoms with Gasteiger partial charge in [0.25, 0.3) is 0 Å². The molecule has 0 fully saturated rings. The highest BCUT2D eigenvalue weighted by Gasteiger charge is 1.96. The molecule has 4 N–H and O–H groups in total. The molecule has 0 aromatic carbocycles. The van der Waals surface area contributed by atoms with Gasteiger partial charge in [-0.25, -0.2) is 0 Å². The Morgan fingerprint density at radius 1 is 0.842 bits per heavy atom. The second-order valence-corrected chi connectivity index (χ2v) is 4.51. The Morgan fingerprint density at radius 3 is 1.26 bits per heavy atom. The molecule has 0 saturated carbocycles. The molecule has 6 nitrogen and oxygen atoms in total. The van der Waals surface area contributed by atoms with Gasteiger partial charge in [-0.15, -0.1) is 12.4 Å². The zero-order chi connectivity index (χ0) is 14.6. The largest absolute Gasteiger partial charge is 0.481 e. The molecule has 0 aromatic rings. The first-order valence-corrected chi connectivity index (χ1v) is 6.16. The molecule has 0 spiro atoms. The Hall–Kier alpha value is -0.850. The fraction of sp³-hybridized carbons (Fsp3) is 0.833. The number of carboxylic acids is 2. The number of halogens is 1. The molecule has 0 heterocycles. The number of hydrogen-bond acceptors (Lipinski definition) is 4. The summed E-state index contributed by atoms with van der Waals surface area (Å²) in [4.78, 5) is 19.9. The van der Waals surface area contributed by atoms with Gasteiger partial charge in [0.1, 0.15) is 0 Å². The van der Waals surface area contributed by atoms with Crippen LogP contribution in [-0.4, -0.2) is 47.3 Å². The molecule has 0 amide bonds. The van der Waals surface area contributed by atoms with Crippen LogP contribution in [0.25, 0.3) is 0 Å². The van der Waals surface area contributed by atoms with Gasteiger partial charge in [0.15, 0.2) is 0 Å². The molecule has 116 valence electrons. The number of nitrogens with one attached hydrogen (secondary N) is 2. The topological polar surface area (TPSA) is 98.7 Å². The first-order valence-electron chi connectivity index (χ1n) is 6.16. The van der Waals surface area contributed by atoms with Crippen molar-refractivity contribution in [2.75, 3.05) is 13.1 Å².